The molecule has 0 aliphatic heterocycles. The van der Waals surface area contributed by atoms with Crippen molar-refractivity contribution in [2.75, 3.05) is 13.2 Å². The van der Waals surface area contributed by atoms with Crippen molar-refractivity contribution in [3.05, 3.63) is 84.4 Å². The third-order valence-corrected chi connectivity index (χ3v) is 4.87. The molecule has 0 heterocycles. The maximum Gasteiger partial charge on any atom is 0.224 e. The zero-order chi connectivity index (χ0) is 21.8. The maximum atomic E-state index is 12.8. The average Bonchev–Trinajstić information content (AvgIpc) is 2.77. The van der Waals surface area contributed by atoms with E-state index in [1.165, 1.54) is 0 Å². The van der Waals surface area contributed by atoms with Crippen LogP contribution in [0.3, 0.4) is 0 Å². The van der Waals surface area contributed by atoms with Crippen LogP contribution >= 0.6 is 0 Å². The molecule has 2 aromatic carbocycles. The SMILES string of the molecule is C=CC[C@H](CC(=O)N[C@H](CO)Cc1ccccc1)C(=O)N[C@@H](CO)c1ccccc1. The van der Waals surface area contributed by atoms with Gasteiger partial charge in [0.25, 0.3) is 0 Å². The Morgan fingerprint density at radius 2 is 1.57 bits per heavy atom. The Morgan fingerprint density at radius 1 is 0.933 bits per heavy atom. The molecule has 4 N–H and O–H groups in total. The number of nitrogens with one attached hydrogen (secondary N) is 2. The first kappa shape index (κ1) is 23.3. The number of aliphatic hydroxyl groups is 2. The molecule has 0 fully saturated rings. The normalized spacial score (nSPS) is 13.7. The van der Waals surface area contributed by atoms with Gasteiger partial charge in [0.1, 0.15) is 0 Å². The molecule has 0 saturated heterocycles. The summed E-state index contributed by atoms with van der Waals surface area (Å²) < 4.78 is 0. The van der Waals surface area contributed by atoms with E-state index >= 15 is 0 Å². The van der Waals surface area contributed by atoms with Gasteiger partial charge in [-0.15, -0.1) is 6.58 Å². The highest BCUT2D eigenvalue weighted by atomic mass is 16.3. The van der Waals surface area contributed by atoms with Gasteiger partial charge in [-0.05, 0) is 24.0 Å². The molecule has 2 rings (SSSR count). The molecule has 0 aromatic heterocycles. The van der Waals surface area contributed by atoms with Crippen molar-refractivity contribution in [3.8, 4) is 0 Å². The summed E-state index contributed by atoms with van der Waals surface area (Å²) in [4.78, 5) is 25.3. The number of hydrogen-bond donors (Lipinski definition) is 4. The number of hydrogen-bond acceptors (Lipinski definition) is 4. The van der Waals surface area contributed by atoms with E-state index in [1.807, 2.05) is 60.7 Å². The quantitative estimate of drug-likeness (QED) is 0.403. The Balaban J connectivity index is 1.96. The van der Waals surface area contributed by atoms with Crippen LogP contribution in [0.25, 0.3) is 0 Å². The second kappa shape index (κ2) is 12.6. The Bertz CT molecular complexity index is 795. The molecule has 6 heteroatoms. The summed E-state index contributed by atoms with van der Waals surface area (Å²) in [6.07, 6.45) is 2.40. The average molecular weight is 411 g/mol. The van der Waals surface area contributed by atoms with Crippen molar-refractivity contribution in [3.63, 3.8) is 0 Å². The summed E-state index contributed by atoms with van der Waals surface area (Å²) in [5, 5.41) is 24.9. The molecule has 0 aliphatic carbocycles. The third kappa shape index (κ3) is 7.46. The van der Waals surface area contributed by atoms with Gasteiger partial charge >= 0.3 is 0 Å². The highest BCUT2D eigenvalue weighted by Crippen LogP contribution is 2.16. The lowest BCUT2D eigenvalue weighted by Crippen LogP contribution is -2.42. The van der Waals surface area contributed by atoms with E-state index in [1.54, 1.807) is 6.08 Å². The highest BCUT2D eigenvalue weighted by Gasteiger charge is 2.24. The molecule has 0 bridgehead atoms. The lowest BCUT2D eigenvalue weighted by Gasteiger charge is -2.22. The van der Waals surface area contributed by atoms with Crippen molar-refractivity contribution < 1.29 is 19.8 Å². The fourth-order valence-electron chi connectivity index (χ4n) is 3.26. The molecule has 6 nitrogen and oxygen atoms in total. The highest BCUT2D eigenvalue weighted by molar-refractivity contribution is 5.86. The number of carbonyl (C=O) groups excluding carboxylic acids is 2. The zero-order valence-electron chi connectivity index (χ0n) is 17.0. The van der Waals surface area contributed by atoms with Gasteiger partial charge in [-0.3, -0.25) is 9.59 Å². The second-order valence-electron chi connectivity index (χ2n) is 7.22. The van der Waals surface area contributed by atoms with Crippen LogP contribution in [-0.2, 0) is 16.0 Å². The van der Waals surface area contributed by atoms with E-state index < -0.39 is 18.0 Å². The zero-order valence-corrected chi connectivity index (χ0v) is 17.0. The summed E-state index contributed by atoms with van der Waals surface area (Å²) in [7, 11) is 0. The smallest absolute Gasteiger partial charge is 0.224 e. The summed E-state index contributed by atoms with van der Waals surface area (Å²) in [5.74, 6) is -1.25. The molecule has 30 heavy (non-hydrogen) atoms. The van der Waals surface area contributed by atoms with Crippen LogP contribution in [0.15, 0.2) is 73.3 Å². The van der Waals surface area contributed by atoms with Gasteiger partial charge in [0, 0.05) is 6.42 Å². The summed E-state index contributed by atoms with van der Waals surface area (Å²) in [6, 6.07) is 17.8. The lowest BCUT2D eigenvalue weighted by atomic mass is 9.98. The van der Waals surface area contributed by atoms with Gasteiger partial charge < -0.3 is 20.8 Å². The monoisotopic (exact) mass is 410 g/mol. The number of aliphatic hydroxyl groups excluding tert-OH is 2. The molecular formula is C24H30N2O4. The second-order valence-corrected chi connectivity index (χ2v) is 7.22. The molecule has 160 valence electrons. The van der Waals surface area contributed by atoms with Gasteiger partial charge in [-0.2, -0.15) is 0 Å². The van der Waals surface area contributed by atoms with E-state index in [9.17, 15) is 19.8 Å². The van der Waals surface area contributed by atoms with E-state index in [0.717, 1.165) is 11.1 Å². The van der Waals surface area contributed by atoms with E-state index in [0.29, 0.717) is 12.8 Å². The lowest BCUT2D eigenvalue weighted by molar-refractivity contribution is -0.131. The Labute approximate surface area is 177 Å². The molecule has 0 aliphatic rings. The first-order valence-corrected chi connectivity index (χ1v) is 10.1. The van der Waals surface area contributed by atoms with E-state index in [-0.39, 0.29) is 31.4 Å². The molecule has 0 unspecified atom stereocenters. The minimum Gasteiger partial charge on any atom is -0.394 e. The largest absolute Gasteiger partial charge is 0.394 e. The number of amides is 2. The molecule has 3 atom stereocenters. The van der Waals surface area contributed by atoms with Crippen LogP contribution < -0.4 is 10.6 Å². The first-order valence-electron chi connectivity index (χ1n) is 10.1. The summed E-state index contributed by atoms with van der Waals surface area (Å²) in [5.41, 5.74) is 1.80. The van der Waals surface area contributed by atoms with Crippen molar-refractivity contribution in [2.24, 2.45) is 5.92 Å². The van der Waals surface area contributed by atoms with Crippen LogP contribution in [0.5, 0.6) is 0 Å². The fraction of sp³-hybridized carbons (Fsp3) is 0.333. The van der Waals surface area contributed by atoms with Crippen LogP contribution in [0, 0.1) is 5.92 Å². The maximum absolute atomic E-state index is 12.8. The Kier molecular flexibility index (Phi) is 9.77. The Morgan fingerprint density at radius 3 is 2.13 bits per heavy atom. The van der Waals surface area contributed by atoms with Crippen molar-refractivity contribution in [2.45, 2.75) is 31.3 Å². The first-order chi connectivity index (χ1) is 14.6. The van der Waals surface area contributed by atoms with Gasteiger partial charge in [0.2, 0.25) is 11.8 Å². The van der Waals surface area contributed by atoms with Gasteiger partial charge in [0.05, 0.1) is 31.2 Å². The van der Waals surface area contributed by atoms with E-state index in [2.05, 4.69) is 17.2 Å². The molecule has 0 radical (unpaired) electrons. The van der Waals surface area contributed by atoms with Gasteiger partial charge in [0.15, 0.2) is 0 Å². The number of allylic oxidation sites excluding steroid dienone is 1. The van der Waals surface area contributed by atoms with Crippen LogP contribution in [0.2, 0.25) is 0 Å². The van der Waals surface area contributed by atoms with Crippen molar-refractivity contribution in [1.82, 2.24) is 10.6 Å². The molecule has 0 saturated carbocycles. The van der Waals surface area contributed by atoms with Crippen LogP contribution in [0.1, 0.15) is 30.0 Å². The van der Waals surface area contributed by atoms with E-state index in [4.69, 9.17) is 0 Å². The number of rotatable bonds is 12. The summed E-state index contributed by atoms with van der Waals surface area (Å²) >= 11 is 0. The van der Waals surface area contributed by atoms with Crippen molar-refractivity contribution >= 4 is 11.8 Å². The molecule has 2 amide bonds. The third-order valence-electron chi connectivity index (χ3n) is 4.87. The molecule has 2 aromatic rings. The molecular weight excluding hydrogens is 380 g/mol. The van der Waals surface area contributed by atoms with Crippen LogP contribution in [-0.4, -0.2) is 41.3 Å². The minimum absolute atomic E-state index is 0.0317. The predicted octanol–water partition coefficient (Wildman–Crippen LogP) is 2.14. The number of benzene rings is 2. The topological polar surface area (TPSA) is 98.7 Å². The predicted molar refractivity (Wildman–Crippen MR) is 116 cm³/mol. The Hall–Kier alpha value is -2.96. The minimum atomic E-state index is -0.615. The van der Waals surface area contributed by atoms with Gasteiger partial charge in [-0.25, -0.2) is 0 Å². The van der Waals surface area contributed by atoms with Crippen LogP contribution in [0.4, 0.5) is 0 Å². The standard InChI is InChI=1S/C24H30N2O4/c1-2-9-20(24(30)26-22(17-28)19-12-7-4-8-13-19)15-23(29)25-21(16-27)14-18-10-5-3-6-11-18/h2-8,10-13,20-22,27-28H,1,9,14-17H2,(H,25,29)(H,26,30)/t20-,21+,22+/m1/s1. The van der Waals surface area contributed by atoms with Crippen molar-refractivity contribution in [1.29, 1.82) is 0 Å². The van der Waals surface area contributed by atoms with Gasteiger partial charge in [-0.1, -0.05) is 66.7 Å². The fourth-order valence-corrected chi connectivity index (χ4v) is 3.26. The number of carbonyl (C=O) groups is 2. The summed E-state index contributed by atoms with van der Waals surface area (Å²) in [6.45, 7) is 3.24. The molecule has 0 spiro atoms.